The number of pyridine rings is 1. The van der Waals surface area contributed by atoms with Crippen LogP contribution in [0, 0.1) is 0 Å². The van der Waals surface area contributed by atoms with Gasteiger partial charge in [0.2, 0.25) is 0 Å². The van der Waals surface area contributed by atoms with E-state index < -0.39 is 0 Å². The molecule has 4 heteroatoms. The number of aromatic nitrogens is 1. The largest absolute Gasteiger partial charge is 0.355 e. The Hall–Kier alpha value is -0.740. The lowest BCUT2D eigenvalue weighted by Gasteiger charge is -2.29. The summed E-state index contributed by atoms with van der Waals surface area (Å²) in [6.45, 7) is 13.2. The number of hydrogen-bond acceptors (Lipinski definition) is 4. The fraction of sp³-hybridized carbons (Fsp3) is 0.706. The van der Waals surface area contributed by atoms with Crippen molar-refractivity contribution in [3.63, 3.8) is 0 Å². The molecule has 1 aliphatic rings. The zero-order chi connectivity index (χ0) is 15.3. The van der Waals surface area contributed by atoms with Gasteiger partial charge in [0.15, 0.2) is 0 Å². The highest BCUT2D eigenvalue weighted by Crippen LogP contribution is 2.26. The third kappa shape index (κ3) is 4.89. The number of rotatable bonds is 5. The van der Waals surface area contributed by atoms with E-state index in [0.29, 0.717) is 0 Å². The third-order valence-corrected chi connectivity index (χ3v) is 4.67. The first kappa shape index (κ1) is 16.6. The first-order valence-corrected chi connectivity index (χ1v) is 9.21. The Labute approximate surface area is 133 Å². The molecular formula is C17H29N3S. The Kier molecular flexibility index (Phi) is 5.94. The average Bonchev–Trinajstić information content (AvgIpc) is 2.47. The summed E-state index contributed by atoms with van der Waals surface area (Å²) in [4.78, 5) is 7.39. The number of hydrogen-bond donors (Lipinski definition) is 1. The van der Waals surface area contributed by atoms with Crippen LogP contribution in [0.3, 0.4) is 0 Å². The summed E-state index contributed by atoms with van der Waals surface area (Å²) >= 11 is 2.04. The zero-order valence-corrected chi connectivity index (χ0v) is 14.7. The van der Waals surface area contributed by atoms with Crippen molar-refractivity contribution in [1.29, 1.82) is 0 Å². The van der Waals surface area contributed by atoms with Gasteiger partial charge in [0, 0.05) is 42.2 Å². The molecule has 0 saturated carbocycles. The van der Waals surface area contributed by atoms with Crippen LogP contribution in [0.1, 0.15) is 45.4 Å². The van der Waals surface area contributed by atoms with Gasteiger partial charge >= 0.3 is 0 Å². The Morgan fingerprint density at radius 3 is 2.57 bits per heavy atom. The highest BCUT2D eigenvalue weighted by atomic mass is 32.2. The minimum absolute atomic E-state index is 0.0973. The Balaban J connectivity index is 2.23. The van der Waals surface area contributed by atoms with E-state index in [1.165, 1.54) is 29.2 Å². The molecule has 0 aliphatic carbocycles. The second-order valence-corrected chi connectivity index (χ2v) is 7.97. The van der Waals surface area contributed by atoms with E-state index in [1.54, 1.807) is 0 Å². The van der Waals surface area contributed by atoms with Crippen LogP contribution in [0.25, 0.3) is 0 Å². The van der Waals surface area contributed by atoms with Gasteiger partial charge in [-0.1, -0.05) is 27.7 Å². The van der Waals surface area contributed by atoms with Crippen molar-refractivity contribution >= 4 is 17.6 Å². The highest BCUT2D eigenvalue weighted by Gasteiger charge is 2.20. The number of anilines is 1. The molecule has 21 heavy (non-hydrogen) atoms. The maximum atomic E-state index is 4.95. The number of nitrogens with one attached hydrogen (secondary N) is 1. The van der Waals surface area contributed by atoms with E-state index in [0.717, 1.165) is 32.0 Å². The summed E-state index contributed by atoms with van der Waals surface area (Å²) in [6.07, 6.45) is 1.17. The Bertz CT molecular complexity index is 448. The van der Waals surface area contributed by atoms with Crippen molar-refractivity contribution in [1.82, 2.24) is 10.3 Å². The van der Waals surface area contributed by atoms with Crippen LogP contribution >= 0.6 is 11.8 Å². The van der Waals surface area contributed by atoms with Crippen LogP contribution in [0.5, 0.6) is 0 Å². The monoisotopic (exact) mass is 307 g/mol. The molecule has 0 unspecified atom stereocenters. The zero-order valence-electron chi connectivity index (χ0n) is 13.9. The van der Waals surface area contributed by atoms with E-state index in [1.807, 2.05) is 11.8 Å². The molecule has 0 aromatic carbocycles. The Morgan fingerprint density at radius 2 is 1.95 bits per heavy atom. The van der Waals surface area contributed by atoms with Crippen molar-refractivity contribution in [3.8, 4) is 0 Å². The summed E-state index contributed by atoms with van der Waals surface area (Å²) in [5.41, 5.74) is 2.66. The maximum absolute atomic E-state index is 4.95. The van der Waals surface area contributed by atoms with Gasteiger partial charge in [-0.2, -0.15) is 11.8 Å². The lowest BCUT2D eigenvalue weighted by Crippen LogP contribution is -2.34. The van der Waals surface area contributed by atoms with E-state index >= 15 is 0 Å². The SMILES string of the molecule is CCCNCc1cc(N2CCSCC2)nc(C(C)(C)C)c1. The van der Waals surface area contributed by atoms with Gasteiger partial charge in [-0.3, -0.25) is 0 Å². The molecule has 2 rings (SSSR count). The normalized spacial score (nSPS) is 16.3. The van der Waals surface area contributed by atoms with Crippen LogP contribution in [-0.2, 0) is 12.0 Å². The number of thioether (sulfide) groups is 1. The Morgan fingerprint density at radius 1 is 1.24 bits per heavy atom. The molecule has 0 spiro atoms. The molecule has 118 valence electrons. The second-order valence-electron chi connectivity index (χ2n) is 6.75. The fourth-order valence-corrected chi connectivity index (χ4v) is 3.32. The quantitative estimate of drug-likeness (QED) is 0.844. The summed E-state index contributed by atoms with van der Waals surface area (Å²) in [7, 11) is 0. The fourth-order valence-electron chi connectivity index (χ4n) is 2.42. The van der Waals surface area contributed by atoms with E-state index in [4.69, 9.17) is 4.98 Å². The smallest absolute Gasteiger partial charge is 0.129 e. The topological polar surface area (TPSA) is 28.2 Å². The summed E-state index contributed by atoms with van der Waals surface area (Å²) < 4.78 is 0. The van der Waals surface area contributed by atoms with Crippen molar-refractivity contribution < 1.29 is 0 Å². The van der Waals surface area contributed by atoms with Crippen LogP contribution in [0.15, 0.2) is 12.1 Å². The predicted octanol–water partition coefficient (Wildman–Crippen LogP) is 3.43. The maximum Gasteiger partial charge on any atom is 0.129 e. The van der Waals surface area contributed by atoms with Gasteiger partial charge in [0.1, 0.15) is 5.82 Å². The first-order valence-electron chi connectivity index (χ1n) is 8.05. The van der Waals surface area contributed by atoms with E-state index in [2.05, 4.69) is 50.0 Å². The molecule has 1 saturated heterocycles. The predicted molar refractivity (Wildman–Crippen MR) is 94.5 cm³/mol. The minimum atomic E-state index is 0.0973. The van der Waals surface area contributed by atoms with Crippen LogP contribution < -0.4 is 10.2 Å². The van der Waals surface area contributed by atoms with Gasteiger partial charge in [-0.05, 0) is 30.7 Å². The second kappa shape index (κ2) is 7.50. The molecular weight excluding hydrogens is 278 g/mol. The summed E-state index contributed by atoms with van der Waals surface area (Å²) in [5.74, 6) is 3.59. The third-order valence-electron chi connectivity index (χ3n) is 3.73. The molecule has 1 aliphatic heterocycles. The van der Waals surface area contributed by atoms with Gasteiger partial charge in [0.05, 0.1) is 0 Å². The summed E-state index contributed by atoms with van der Waals surface area (Å²) in [5, 5.41) is 3.51. The van der Waals surface area contributed by atoms with Crippen molar-refractivity contribution in [2.75, 3.05) is 36.0 Å². The van der Waals surface area contributed by atoms with Crippen LogP contribution in [0.4, 0.5) is 5.82 Å². The molecule has 0 atom stereocenters. The van der Waals surface area contributed by atoms with E-state index in [-0.39, 0.29) is 5.41 Å². The molecule has 0 amide bonds. The first-order chi connectivity index (χ1) is 10.0. The molecule has 0 radical (unpaired) electrons. The van der Waals surface area contributed by atoms with Gasteiger partial charge in [0.25, 0.3) is 0 Å². The molecule has 3 nitrogen and oxygen atoms in total. The number of nitrogens with zero attached hydrogens (tertiary/aromatic N) is 2. The van der Waals surface area contributed by atoms with Crippen molar-refractivity contribution in [2.24, 2.45) is 0 Å². The van der Waals surface area contributed by atoms with E-state index in [9.17, 15) is 0 Å². The molecule has 1 N–H and O–H groups in total. The van der Waals surface area contributed by atoms with Crippen LogP contribution in [0.2, 0.25) is 0 Å². The lowest BCUT2D eigenvalue weighted by molar-refractivity contribution is 0.565. The van der Waals surface area contributed by atoms with Crippen molar-refractivity contribution in [2.45, 2.75) is 46.1 Å². The molecule has 1 aromatic rings. The van der Waals surface area contributed by atoms with Gasteiger partial charge in [-0.15, -0.1) is 0 Å². The van der Waals surface area contributed by atoms with Gasteiger partial charge in [-0.25, -0.2) is 4.98 Å². The van der Waals surface area contributed by atoms with Crippen LogP contribution in [-0.4, -0.2) is 36.1 Å². The highest BCUT2D eigenvalue weighted by molar-refractivity contribution is 7.99. The van der Waals surface area contributed by atoms with Crippen molar-refractivity contribution in [3.05, 3.63) is 23.4 Å². The molecule has 1 aromatic heterocycles. The molecule has 2 heterocycles. The average molecular weight is 308 g/mol. The lowest BCUT2D eigenvalue weighted by atomic mass is 9.90. The summed E-state index contributed by atoms with van der Waals surface area (Å²) in [6, 6.07) is 4.54. The van der Waals surface area contributed by atoms with Gasteiger partial charge < -0.3 is 10.2 Å². The molecule has 0 bridgehead atoms. The minimum Gasteiger partial charge on any atom is -0.355 e. The molecule has 1 fully saturated rings. The standard InChI is InChI=1S/C17H29N3S/c1-5-6-18-13-14-11-15(17(2,3)4)19-16(12-14)20-7-9-21-10-8-20/h11-12,18H,5-10,13H2,1-4H3.